The Morgan fingerprint density at radius 2 is 2.25 bits per heavy atom. The Balaban J connectivity index is 1.82. The molecule has 0 radical (unpaired) electrons. The monoisotopic (exact) mass is 271 g/mol. The predicted molar refractivity (Wildman–Crippen MR) is 76.3 cm³/mol. The second-order valence-electron chi connectivity index (χ2n) is 4.58. The van der Waals surface area contributed by atoms with Crippen molar-refractivity contribution in [3.63, 3.8) is 0 Å². The van der Waals surface area contributed by atoms with Crippen LogP contribution < -0.4 is 25.9 Å². The number of unbranched alkanes of at least 4 members (excludes halogenated alkanes) is 1. The number of hydrazine groups is 1. The third kappa shape index (κ3) is 2.59. The fourth-order valence-corrected chi connectivity index (χ4v) is 1.94. The number of anilines is 1. The predicted octanol–water partition coefficient (Wildman–Crippen LogP) is 0.886. The van der Waals surface area contributed by atoms with Gasteiger partial charge in [0.05, 0.1) is 18.2 Å². The van der Waals surface area contributed by atoms with Gasteiger partial charge in [-0.25, -0.2) is 10.5 Å². The third-order valence-corrected chi connectivity index (χ3v) is 3.06. The molecule has 2 aromatic rings. The van der Waals surface area contributed by atoms with E-state index in [4.69, 9.17) is 4.74 Å². The van der Waals surface area contributed by atoms with E-state index in [-0.39, 0.29) is 0 Å². The highest BCUT2D eigenvalue weighted by molar-refractivity contribution is 5.52. The van der Waals surface area contributed by atoms with Gasteiger partial charge in [0.15, 0.2) is 0 Å². The summed E-state index contributed by atoms with van der Waals surface area (Å²) in [4.78, 5) is 0. The molecule has 0 bridgehead atoms. The van der Waals surface area contributed by atoms with E-state index in [1.54, 1.807) is 11.2 Å². The summed E-state index contributed by atoms with van der Waals surface area (Å²) in [7, 11) is 0. The molecule has 104 valence electrons. The van der Waals surface area contributed by atoms with Crippen molar-refractivity contribution < 1.29 is 4.74 Å². The van der Waals surface area contributed by atoms with Gasteiger partial charge in [-0.1, -0.05) is 13.3 Å². The molecule has 0 saturated heterocycles. The number of fused-ring (bicyclic) bond motifs is 1. The molecule has 1 aliphatic rings. The molecular formula is C14H17N5O. The standard InChI is InChI=1S/C14H17N5O/c1-2-3-8-20-12-5-4-11-10-19(14-6-7-15-17-14)18-16-13(11)9-12/h4-7,9-10,18H,2-3,8H2,1H3,(H,15,17). The van der Waals surface area contributed by atoms with Gasteiger partial charge >= 0.3 is 0 Å². The van der Waals surface area contributed by atoms with Crippen LogP contribution in [0.4, 0.5) is 5.82 Å². The summed E-state index contributed by atoms with van der Waals surface area (Å²) in [5.41, 5.74) is 2.95. The van der Waals surface area contributed by atoms with Crippen LogP contribution in [0.5, 0.6) is 5.75 Å². The second-order valence-corrected chi connectivity index (χ2v) is 4.58. The Bertz CT molecular complexity index is 680. The molecule has 20 heavy (non-hydrogen) atoms. The summed E-state index contributed by atoms with van der Waals surface area (Å²) >= 11 is 0. The van der Waals surface area contributed by atoms with Gasteiger partial charge in [0.1, 0.15) is 11.6 Å². The Hall–Kier alpha value is -2.50. The lowest BCUT2D eigenvalue weighted by Crippen LogP contribution is -2.42. The van der Waals surface area contributed by atoms with Crippen LogP contribution >= 0.6 is 0 Å². The number of H-pyrrole nitrogens is 1. The number of benzene rings is 1. The van der Waals surface area contributed by atoms with Gasteiger partial charge in [0.2, 0.25) is 0 Å². The van der Waals surface area contributed by atoms with Crippen molar-refractivity contribution in [1.82, 2.24) is 15.7 Å². The minimum absolute atomic E-state index is 0.743. The van der Waals surface area contributed by atoms with Crippen molar-refractivity contribution in [3.8, 4) is 5.75 Å². The maximum absolute atomic E-state index is 5.68. The van der Waals surface area contributed by atoms with Gasteiger partial charge in [-0.2, -0.15) is 10.2 Å². The minimum atomic E-state index is 0.743. The Kier molecular flexibility index (Phi) is 3.54. The van der Waals surface area contributed by atoms with E-state index in [2.05, 4.69) is 27.8 Å². The maximum atomic E-state index is 5.68. The molecular weight excluding hydrogens is 254 g/mol. The molecule has 1 aromatic carbocycles. The molecule has 0 spiro atoms. The van der Waals surface area contributed by atoms with E-state index in [9.17, 15) is 0 Å². The molecule has 6 heteroatoms. The molecule has 0 unspecified atom stereocenters. The van der Waals surface area contributed by atoms with Crippen molar-refractivity contribution in [2.45, 2.75) is 19.8 Å². The normalized spacial score (nSPS) is 12.9. The van der Waals surface area contributed by atoms with Gasteiger partial charge in [-0.15, -0.1) is 0 Å². The van der Waals surface area contributed by atoms with Crippen molar-refractivity contribution in [2.24, 2.45) is 5.10 Å². The summed E-state index contributed by atoms with van der Waals surface area (Å²) in [5.74, 6) is 1.69. The van der Waals surface area contributed by atoms with Crippen LogP contribution in [0.15, 0.2) is 35.6 Å². The zero-order valence-corrected chi connectivity index (χ0v) is 11.3. The lowest BCUT2D eigenvalue weighted by molar-refractivity contribution is 0.309. The zero-order valence-electron chi connectivity index (χ0n) is 11.3. The van der Waals surface area contributed by atoms with E-state index < -0.39 is 0 Å². The summed E-state index contributed by atoms with van der Waals surface area (Å²) in [6.45, 7) is 2.89. The first-order valence-corrected chi connectivity index (χ1v) is 6.73. The summed E-state index contributed by atoms with van der Waals surface area (Å²) < 4.78 is 5.68. The van der Waals surface area contributed by atoms with E-state index in [0.717, 1.165) is 41.6 Å². The number of aromatic amines is 1. The fourth-order valence-electron chi connectivity index (χ4n) is 1.94. The Morgan fingerprint density at radius 3 is 3.05 bits per heavy atom. The van der Waals surface area contributed by atoms with Crippen molar-refractivity contribution in [3.05, 3.63) is 41.0 Å². The molecule has 0 saturated carbocycles. The summed E-state index contributed by atoms with van der Waals surface area (Å²) in [5, 5.41) is 14.8. The van der Waals surface area contributed by atoms with Crippen LogP contribution in [0, 0.1) is 0 Å². The second kappa shape index (κ2) is 5.64. The average Bonchev–Trinajstić information content (AvgIpc) is 3.01. The largest absolute Gasteiger partial charge is 0.494 e. The van der Waals surface area contributed by atoms with E-state index in [1.165, 1.54) is 0 Å². The zero-order chi connectivity index (χ0) is 13.8. The Labute approximate surface area is 116 Å². The van der Waals surface area contributed by atoms with Crippen LogP contribution in [0.25, 0.3) is 6.20 Å². The number of hydrogen-bond donors (Lipinski definition) is 2. The fraction of sp³-hybridized carbons (Fsp3) is 0.286. The first kappa shape index (κ1) is 12.5. The first-order chi connectivity index (χ1) is 9.86. The highest BCUT2D eigenvalue weighted by atomic mass is 16.5. The van der Waals surface area contributed by atoms with Crippen LogP contribution in [-0.4, -0.2) is 16.8 Å². The van der Waals surface area contributed by atoms with Crippen molar-refractivity contribution in [2.75, 3.05) is 11.6 Å². The van der Waals surface area contributed by atoms with Crippen molar-refractivity contribution >= 4 is 12.0 Å². The van der Waals surface area contributed by atoms with E-state index in [0.29, 0.717) is 0 Å². The van der Waals surface area contributed by atoms with Gasteiger partial charge in [0, 0.05) is 23.6 Å². The van der Waals surface area contributed by atoms with E-state index in [1.807, 2.05) is 30.5 Å². The quantitative estimate of drug-likeness (QED) is 0.793. The number of aromatic nitrogens is 2. The number of nitrogens with zero attached hydrogens (tertiary/aromatic N) is 3. The molecule has 2 heterocycles. The molecule has 6 nitrogen and oxygen atoms in total. The molecule has 2 N–H and O–H groups in total. The molecule has 3 rings (SSSR count). The highest BCUT2D eigenvalue weighted by Gasteiger charge is 2.07. The lowest BCUT2D eigenvalue weighted by Gasteiger charge is -2.19. The van der Waals surface area contributed by atoms with Crippen LogP contribution in [0.3, 0.4) is 0 Å². The molecule has 1 aliphatic heterocycles. The molecule has 1 aromatic heterocycles. The van der Waals surface area contributed by atoms with Crippen LogP contribution in [0.2, 0.25) is 0 Å². The van der Waals surface area contributed by atoms with Gasteiger partial charge in [0.25, 0.3) is 0 Å². The Morgan fingerprint density at radius 1 is 1.30 bits per heavy atom. The molecule has 0 fully saturated rings. The van der Waals surface area contributed by atoms with Gasteiger partial charge in [-0.3, -0.25) is 5.10 Å². The van der Waals surface area contributed by atoms with E-state index >= 15 is 0 Å². The van der Waals surface area contributed by atoms with Crippen LogP contribution in [-0.2, 0) is 0 Å². The summed E-state index contributed by atoms with van der Waals surface area (Å²) in [6.07, 6.45) is 5.85. The number of ether oxygens (including phenoxy) is 1. The lowest BCUT2D eigenvalue weighted by atomic mass is 10.2. The highest BCUT2D eigenvalue weighted by Crippen LogP contribution is 2.08. The maximum Gasteiger partial charge on any atom is 0.148 e. The average molecular weight is 271 g/mol. The summed E-state index contributed by atoms with van der Waals surface area (Å²) in [6, 6.07) is 7.78. The van der Waals surface area contributed by atoms with Gasteiger partial charge < -0.3 is 4.74 Å². The van der Waals surface area contributed by atoms with Crippen molar-refractivity contribution in [1.29, 1.82) is 0 Å². The van der Waals surface area contributed by atoms with Gasteiger partial charge in [-0.05, 0) is 18.6 Å². The van der Waals surface area contributed by atoms with Crippen LogP contribution in [0.1, 0.15) is 19.8 Å². The number of nitrogens with one attached hydrogen (secondary N) is 2. The smallest absolute Gasteiger partial charge is 0.148 e. The molecule has 0 atom stereocenters. The number of rotatable bonds is 5. The SMILES string of the molecule is CCCCOc1ccc2c(c1)=NNN(c1ccn[nH]1)C=2. The number of hydrogen-bond acceptors (Lipinski definition) is 5. The first-order valence-electron chi connectivity index (χ1n) is 6.73. The third-order valence-electron chi connectivity index (χ3n) is 3.06. The topological polar surface area (TPSA) is 65.5 Å². The minimum Gasteiger partial charge on any atom is -0.494 e. The molecule has 0 aliphatic carbocycles. The molecule has 0 amide bonds.